The zero-order chi connectivity index (χ0) is 82.5. The van der Waals surface area contributed by atoms with Crippen molar-refractivity contribution in [2.45, 2.75) is 229 Å². The number of halogens is 1. The highest BCUT2D eigenvalue weighted by atomic mass is 19.1. The molecule has 11 rings (SSSR count). The largest absolute Gasteiger partial charge is 0.497 e. The Morgan fingerprint density at radius 2 is 1.37 bits per heavy atom. The van der Waals surface area contributed by atoms with Crippen LogP contribution >= 0.6 is 0 Å². The fourth-order valence-corrected chi connectivity index (χ4v) is 15.9. The number of ether oxygens (including phenoxy) is 2. The molecule has 6 aliphatic rings. The van der Waals surface area contributed by atoms with Crippen molar-refractivity contribution in [2.75, 3.05) is 74.1 Å². The van der Waals surface area contributed by atoms with Crippen molar-refractivity contribution in [3.8, 4) is 5.75 Å². The van der Waals surface area contributed by atoms with Gasteiger partial charge in [0.15, 0.2) is 0 Å². The molecule has 29 nitrogen and oxygen atoms in total. The van der Waals surface area contributed by atoms with Gasteiger partial charge in [-0.25, -0.2) is 4.39 Å². The molecule has 115 heavy (non-hydrogen) atoms. The van der Waals surface area contributed by atoms with Gasteiger partial charge >= 0.3 is 0 Å². The number of aromatic nitrogens is 1. The minimum atomic E-state index is -1.85. The summed E-state index contributed by atoms with van der Waals surface area (Å²) < 4.78 is 30.4. The quantitative estimate of drug-likeness (QED) is 0.0527. The zero-order valence-electron chi connectivity index (χ0n) is 67.4. The number of nitrogens with zero attached hydrogens (tertiary/aromatic N) is 5. The monoisotopic (exact) mass is 1590 g/mol. The van der Waals surface area contributed by atoms with Crippen molar-refractivity contribution in [1.29, 1.82) is 0 Å². The molecule has 0 unspecified atom stereocenters. The molecule has 5 aromatic rings. The van der Waals surface area contributed by atoms with Crippen LogP contribution in [0.15, 0.2) is 97.2 Å². The lowest BCUT2D eigenvalue weighted by atomic mass is 9.95. The van der Waals surface area contributed by atoms with E-state index in [0.29, 0.717) is 96.9 Å². The van der Waals surface area contributed by atoms with Crippen LogP contribution in [-0.4, -0.2) is 234 Å². The van der Waals surface area contributed by atoms with Crippen LogP contribution in [0.1, 0.15) is 157 Å². The van der Waals surface area contributed by atoms with Crippen molar-refractivity contribution in [3.05, 3.63) is 136 Å². The van der Waals surface area contributed by atoms with Gasteiger partial charge < -0.3 is 86.2 Å². The Morgan fingerprint density at radius 3 is 2.11 bits per heavy atom. The number of aliphatic hydroxyl groups is 1. The standard InChI is InChI=1S/C85H115FN14O15/c1-54-77(106)94-68(50-89-71(102)22-14-10-8-9-13-17-43-100(4,5)6)79(108)91-65-46-59-20-18-21-60(44-59)49-88-73(104)53-115-70-36-42-98-76(70)81(110)95-75(55(2)101)80(109)93-66(45-57-27-30-63(114-7)31-28-57)83(112)99-41-19-37-85(99,3)84(113)87-38-35-56-23-25-58(26-24-56)51-97(74(105)34-33-72(103)90-54)40-16-12-11-15-39-96-52-61(47-67(82(98)111)92-78(65)107)64-48-62(86)29-32-69(64)96/h18,20-21,23-32,44,48,52,54-55,65-68,70,75-76,101H,8-17,19,22,33-43,45-47,49-51,53H2,1-7H3,(H8-,87,88,89,90,91,92,93,94,95,102,103,104,106,107,108,109,110,113)/p+1/t54-,55+,65-,66-,67-,68+,70-,75-,76-,85-/m0/s1. The van der Waals surface area contributed by atoms with E-state index in [4.69, 9.17) is 9.47 Å². The van der Waals surface area contributed by atoms with Crippen LogP contribution in [0.5, 0.6) is 5.75 Å². The summed E-state index contributed by atoms with van der Waals surface area (Å²) in [6.07, 6.45) is 6.31. The molecule has 2 saturated heterocycles. The Balaban J connectivity index is 1.06. The van der Waals surface area contributed by atoms with Gasteiger partial charge in [0.25, 0.3) is 0 Å². The van der Waals surface area contributed by atoms with Gasteiger partial charge in [0.05, 0.1) is 47.0 Å². The number of methoxy groups -OCH3 is 1. The van der Waals surface area contributed by atoms with Crippen LogP contribution in [0, 0.1) is 5.82 Å². The van der Waals surface area contributed by atoms with Crippen LogP contribution in [0.4, 0.5) is 4.39 Å². The van der Waals surface area contributed by atoms with E-state index < -0.39 is 144 Å². The number of unbranched alkanes of at least 4 members (excludes halogenated alkanes) is 5. The summed E-state index contributed by atoms with van der Waals surface area (Å²) in [5.74, 6) is -8.95. The molecule has 0 saturated carbocycles. The molecule has 4 aromatic carbocycles. The number of carbonyl (C=O) groups excluding carboxylic acids is 12. The molecule has 622 valence electrons. The van der Waals surface area contributed by atoms with Gasteiger partial charge in [-0.3, -0.25) is 57.5 Å². The van der Waals surface area contributed by atoms with Gasteiger partial charge in [0.2, 0.25) is 70.9 Å². The Morgan fingerprint density at radius 1 is 0.670 bits per heavy atom. The number of quaternary nitrogens is 1. The maximum atomic E-state index is 16.3. The number of hydrogen-bond donors (Lipinski definition) is 10. The number of hydrogen-bond acceptors (Lipinski definition) is 15. The summed E-state index contributed by atoms with van der Waals surface area (Å²) in [6, 6.07) is 14.1. The molecule has 12 bridgehead atoms. The predicted molar refractivity (Wildman–Crippen MR) is 427 cm³/mol. The molecule has 30 heteroatoms. The van der Waals surface area contributed by atoms with E-state index in [9.17, 15) is 33.9 Å². The van der Waals surface area contributed by atoms with E-state index in [-0.39, 0.29) is 90.0 Å². The maximum Gasteiger partial charge on any atom is 0.246 e. The number of benzene rings is 4. The van der Waals surface area contributed by atoms with Crippen LogP contribution in [0.25, 0.3) is 10.9 Å². The fourth-order valence-electron chi connectivity index (χ4n) is 15.9. The molecular weight excluding hydrogens is 1480 g/mol. The smallest absolute Gasteiger partial charge is 0.246 e. The second-order valence-electron chi connectivity index (χ2n) is 32.6. The second kappa shape index (κ2) is 40.8. The van der Waals surface area contributed by atoms with Crippen LogP contribution in [0.2, 0.25) is 0 Å². The van der Waals surface area contributed by atoms with E-state index in [1.807, 2.05) is 28.8 Å². The Hall–Kier alpha value is -10.3. The molecule has 12 amide bonds. The van der Waals surface area contributed by atoms with E-state index in [1.54, 1.807) is 72.6 Å². The summed E-state index contributed by atoms with van der Waals surface area (Å²) in [5, 5.41) is 37.3. The van der Waals surface area contributed by atoms with E-state index in [0.717, 1.165) is 59.2 Å². The minimum absolute atomic E-state index is 0.0744. The lowest BCUT2D eigenvalue weighted by Gasteiger charge is -2.37. The van der Waals surface area contributed by atoms with Crippen molar-refractivity contribution >= 4 is 81.8 Å². The molecule has 10 atom stereocenters. The summed E-state index contributed by atoms with van der Waals surface area (Å²) in [5.41, 5.74) is 2.78. The first kappa shape index (κ1) is 87.1. The van der Waals surface area contributed by atoms with Gasteiger partial charge in [-0.15, -0.1) is 0 Å². The van der Waals surface area contributed by atoms with Gasteiger partial charge in [-0.1, -0.05) is 92.8 Å². The molecule has 7 heterocycles. The number of aryl methyl sites for hydroxylation is 1. The molecule has 10 N–H and O–H groups in total. The summed E-state index contributed by atoms with van der Waals surface area (Å²) >= 11 is 0. The molecule has 0 aliphatic carbocycles. The van der Waals surface area contributed by atoms with Crippen molar-refractivity contribution in [3.63, 3.8) is 0 Å². The summed E-state index contributed by atoms with van der Waals surface area (Å²) in [4.78, 5) is 183. The molecular formula is C85H116FN14O15+. The molecule has 2 fully saturated rings. The number of carbonyl (C=O) groups is 12. The Labute approximate surface area is 672 Å². The second-order valence-corrected chi connectivity index (χ2v) is 32.6. The number of fused-ring (bicyclic) bond motifs is 16. The molecule has 0 radical (unpaired) electrons. The lowest BCUT2D eigenvalue weighted by molar-refractivity contribution is -0.870. The average molecular weight is 1590 g/mol. The third-order valence-electron chi connectivity index (χ3n) is 22.5. The van der Waals surface area contributed by atoms with Crippen molar-refractivity contribution in [2.24, 2.45) is 0 Å². The van der Waals surface area contributed by atoms with E-state index in [2.05, 4.69) is 69.0 Å². The fraction of sp³-hybridized carbons (Fsp3) is 0.553. The van der Waals surface area contributed by atoms with Crippen LogP contribution in [0.3, 0.4) is 0 Å². The third-order valence-corrected chi connectivity index (χ3v) is 22.5. The number of amides is 12. The third kappa shape index (κ3) is 24.4. The topological polar surface area (TPSA) is 366 Å². The highest BCUT2D eigenvalue weighted by molar-refractivity contribution is 6.00. The first-order chi connectivity index (χ1) is 55.0. The lowest BCUT2D eigenvalue weighted by Crippen LogP contribution is -2.64. The zero-order valence-corrected chi connectivity index (χ0v) is 67.4. The number of rotatable bonds is 15. The number of aliphatic hydroxyl groups excluding tert-OH is 1. The first-order valence-corrected chi connectivity index (χ1v) is 40.7. The normalized spacial score (nSPS) is 24.6. The Bertz CT molecular complexity index is 4280. The summed E-state index contributed by atoms with van der Waals surface area (Å²) in [7, 11) is 7.93. The van der Waals surface area contributed by atoms with Gasteiger partial charge in [-0.05, 0) is 142 Å². The van der Waals surface area contributed by atoms with Crippen molar-refractivity contribution in [1.82, 2.24) is 67.1 Å². The number of nitrogens with one attached hydrogen (secondary N) is 9. The first-order valence-electron chi connectivity index (χ1n) is 40.7. The maximum absolute atomic E-state index is 16.3. The predicted octanol–water partition coefficient (Wildman–Crippen LogP) is 3.73. The Kier molecular flexibility index (Phi) is 30.9. The highest BCUT2D eigenvalue weighted by Gasteiger charge is 2.50. The summed E-state index contributed by atoms with van der Waals surface area (Å²) in [6.45, 7) is 5.08. The minimum Gasteiger partial charge on any atom is -0.497 e. The van der Waals surface area contributed by atoms with Crippen LogP contribution in [-0.2, 0) is 108 Å². The molecule has 6 aliphatic heterocycles. The van der Waals surface area contributed by atoms with E-state index >= 15 is 33.2 Å². The highest BCUT2D eigenvalue weighted by Crippen LogP contribution is 2.33. The average Bonchev–Trinajstić information content (AvgIpc) is 1.67. The van der Waals surface area contributed by atoms with Gasteiger partial charge in [0.1, 0.15) is 66.0 Å². The molecule has 0 spiro atoms. The van der Waals surface area contributed by atoms with Gasteiger partial charge in [0, 0.05) is 108 Å². The van der Waals surface area contributed by atoms with Crippen LogP contribution < -0.4 is 52.6 Å². The van der Waals surface area contributed by atoms with Gasteiger partial charge in [-0.2, -0.15) is 0 Å². The molecule has 1 aromatic heterocycles. The SMILES string of the molecule is COc1ccc(C[C@@H]2NC(=O)[C@H]([C@@H](C)O)NC(=O)[C@@H]3[C@@H]4CCN3C(=O)[C@@H]3Cc5cn(c6ccc(F)cc56)CCCCCCN(Cc5ccc(cc5)CCNC(=O)[C@]5(C)CCCN5C2=O)C(=O)CCC(=O)N[C@@H](C)C(=O)N[C@H](CNC(=O)CCCCCCCC[N+](C)(C)C)C(=O)N[C@@H](Cc2cccc(c2)CNC(=O)CO4)C(=O)N3)cc1. The van der Waals surface area contributed by atoms with E-state index in [1.165, 1.54) is 38.0 Å². The van der Waals surface area contributed by atoms with Crippen molar-refractivity contribution < 1.29 is 81.0 Å².